The topological polar surface area (TPSA) is 60.9 Å². The van der Waals surface area contributed by atoms with E-state index in [2.05, 4.69) is 48.5 Å². The van der Waals surface area contributed by atoms with E-state index in [1.54, 1.807) is 12.1 Å². The summed E-state index contributed by atoms with van der Waals surface area (Å²) in [5.41, 5.74) is 5.38. The van der Waals surface area contributed by atoms with E-state index in [0.29, 0.717) is 0 Å². The van der Waals surface area contributed by atoms with Gasteiger partial charge in [0.2, 0.25) is 0 Å². The molecule has 5 nitrogen and oxygen atoms in total. The zero-order chi connectivity index (χ0) is 21.2. The van der Waals surface area contributed by atoms with E-state index >= 15 is 0 Å². The van der Waals surface area contributed by atoms with Crippen molar-refractivity contribution in [3.63, 3.8) is 0 Å². The van der Waals surface area contributed by atoms with Crippen LogP contribution < -0.4 is 9.80 Å². The number of hydrogen-bond donors (Lipinski definition) is 1. The summed E-state index contributed by atoms with van der Waals surface area (Å²) in [7, 11) is 3.79. The first-order valence-electron chi connectivity index (χ1n) is 9.29. The molecule has 0 saturated carbocycles. The second kappa shape index (κ2) is 10.4. The van der Waals surface area contributed by atoms with Gasteiger partial charge in [-0.2, -0.15) is 8.42 Å². The molecule has 0 atom stereocenters. The molecule has 30 heavy (non-hydrogen) atoms. The van der Waals surface area contributed by atoms with E-state index in [4.69, 9.17) is 0 Å². The summed E-state index contributed by atoms with van der Waals surface area (Å²) in [4.78, 5) is 3.99. The number of benzene rings is 3. The van der Waals surface area contributed by atoms with Crippen LogP contribution in [0.1, 0.15) is 22.6 Å². The SMILES string of the molecule is CN(C)c1ccc(C(c2ccc(N(C)C)cc2)c2ccc(S(=O)(=O)O)cc2)cc1.[KH]. The number of anilines is 2. The van der Waals surface area contributed by atoms with Crippen LogP contribution in [-0.4, -0.2) is 92.5 Å². The summed E-state index contributed by atoms with van der Waals surface area (Å²) < 4.78 is 32.1. The summed E-state index contributed by atoms with van der Waals surface area (Å²) in [5, 5.41) is 0. The van der Waals surface area contributed by atoms with E-state index in [-0.39, 0.29) is 62.2 Å². The van der Waals surface area contributed by atoms with Crippen LogP contribution >= 0.6 is 0 Å². The Bertz CT molecular complexity index is 1010. The van der Waals surface area contributed by atoms with Crippen LogP contribution in [0, 0.1) is 0 Å². The average Bonchev–Trinajstić information content (AvgIpc) is 2.69. The quantitative estimate of drug-likeness (QED) is 0.353. The van der Waals surface area contributed by atoms with Crippen molar-refractivity contribution in [2.45, 2.75) is 10.8 Å². The number of rotatable bonds is 6. The molecular weight excluding hydrogens is 423 g/mol. The summed E-state index contributed by atoms with van der Waals surface area (Å²) in [6.07, 6.45) is 0. The van der Waals surface area contributed by atoms with Crippen molar-refractivity contribution in [2.24, 2.45) is 0 Å². The minimum atomic E-state index is -4.22. The molecule has 0 unspecified atom stereocenters. The van der Waals surface area contributed by atoms with Gasteiger partial charge < -0.3 is 9.80 Å². The van der Waals surface area contributed by atoms with Gasteiger partial charge in [-0.05, 0) is 53.1 Å². The van der Waals surface area contributed by atoms with Crippen LogP contribution in [0.5, 0.6) is 0 Å². The van der Waals surface area contributed by atoms with Crippen molar-refractivity contribution in [3.8, 4) is 0 Å². The fraction of sp³-hybridized carbons (Fsp3) is 0.217. The zero-order valence-electron chi connectivity index (χ0n) is 17.1. The summed E-state index contributed by atoms with van der Waals surface area (Å²) in [5.74, 6) is -0.0575. The van der Waals surface area contributed by atoms with Crippen molar-refractivity contribution in [1.82, 2.24) is 0 Å². The molecule has 3 aromatic rings. The normalized spacial score (nSPS) is 11.1. The molecule has 0 saturated heterocycles. The first-order valence-corrected chi connectivity index (χ1v) is 10.7. The van der Waals surface area contributed by atoms with E-state index in [1.807, 2.05) is 38.0 Å². The van der Waals surface area contributed by atoms with Crippen LogP contribution in [0.2, 0.25) is 0 Å². The van der Waals surface area contributed by atoms with Crippen LogP contribution in [-0.2, 0) is 10.1 Å². The Morgan fingerprint density at radius 1 is 0.633 bits per heavy atom. The molecule has 0 aliphatic rings. The zero-order valence-corrected chi connectivity index (χ0v) is 17.9. The van der Waals surface area contributed by atoms with Gasteiger partial charge in [0.25, 0.3) is 10.1 Å². The third kappa shape index (κ3) is 5.94. The van der Waals surface area contributed by atoms with E-state index < -0.39 is 10.1 Å². The molecule has 0 heterocycles. The average molecular weight is 451 g/mol. The Balaban J connectivity index is 0.00000320. The van der Waals surface area contributed by atoms with E-state index in [0.717, 1.165) is 28.1 Å². The second-order valence-electron chi connectivity index (χ2n) is 7.45. The van der Waals surface area contributed by atoms with Gasteiger partial charge >= 0.3 is 51.4 Å². The molecule has 3 aromatic carbocycles. The molecule has 1 N–H and O–H groups in total. The predicted octanol–water partition coefficient (Wildman–Crippen LogP) is 3.60. The standard InChI is InChI=1S/C23H26N2O3S.K.H/c1-24(2)20-11-5-17(6-12-20)23(18-7-13-21(14-8-18)25(3)4)19-9-15-22(16-10-19)29(26,27)28;;/h5-16,23H,1-4H3,(H,26,27,28);;. The summed E-state index contributed by atoms with van der Waals surface area (Å²) >= 11 is 0. The first-order chi connectivity index (χ1) is 13.7. The Hall–Kier alpha value is -1.19. The molecule has 0 aliphatic carbocycles. The van der Waals surface area contributed by atoms with Crippen molar-refractivity contribution in [1.29, 1.82) is 0 Å². The predicted molar refractivity (Wildman–Crippen MR) is 126 cm³/mol. The number of hydrogen-bond acceptors (Lipinski definition) is 4. The summed E-state index contributed by atoms with van der Waals surface area (Å²) in [6.45, 7) is 0. The van der Waals surface area contributed by atoms with Gasteiger partial charge in [-0.3, -0.25) is 4.55 Å². The molecule has 7 heteroatoms. The Labute approximate surface area is 221 Å². The van der Waals surface area contributed by atoms with Crippen LogP contribution in [0.25, 0.3) is 0 Å². The van der Waals surface area contributed by atoms with Gasteiger partial charge in [0.05, 0.1) is 4.90 Å². The molecule has 0 amide bonds. The molecule has 0 aromatic heterocycles. The van der Waals surface area contributed by atoms with Crippen molar-refractivity contribution in [2.75, 3.05) is 38.0 Å². The molecule has 0 bridgehead atoms. The van der Waals surface area contributed by atoms with Crippen LogP contribution in [0.4, 0.5) is 11.4 Å². The fourth-order valence-corrected chi connectivity index (χ4v) is 3.82. The van der Waals surface area contributed by atoms with Gasteiger partial charge in [-0.25, -0.2) is 0 Å². The molecule has 0 radical (unpaired) electrons. The summed E-state index contributed by atoms with van der Waals surface area (Å²) in [6, 6.07) is 23.1. The molecule has 3 rings (SSSR count). The van der Waals surface area contributed by atoms with Crippen molar-refractivity contribution >= 4 is 72.9 Å². The maximum absolute atomic E-state index is 11.4. The molecule has 0 aliphatic heterocycles. The molecular formula is C23H27KN2O3S. The monoisotopic (exact) mass is 450 g/mol. The minimum absolute atomic E-state index is 0. The van der Waals surface area contributed by atoms with Gasteiger partial charge in [-0.1, -0.05) is 36.4 Å². The van der Waals surface area contributed by atoms with Gasteiger partial charge in [0, 0.05) is 45.5 Å². The van der Waals surface area contributed by atoms with Crippen LogP contribution in [0.15, 0.2) is 77.7 Å². The maximum atomic E-state index is 11.4. The van der Waals surface area contributed by atoms with Crippen molar-refractivity contribution in [3.05, 3.63) is 89.5 Å². The van der Waals surface area contributed by atoms with Gasteiger partial charge in [0.15, 0.2) is 0 Å². The molecule has 0 spiro atoms. The first kappa shape index (κ1) is 25.1. The van der Waals surface area contributed by atoms with Gasteiger partial charge in [-0.15, -0.1) is 0 Å². The number of nitrogens with zero attached hydrogens (tertiary/aromatic N) is 2. The van der Waals surface area contributed by atoms with Gasteiger partial charge in [0.1, 0.15) is 0 Å². The third-order valence-electron chi connectivity index (χ3n) is 5.00. The fourth-order valence-electron chi connectivity index (χ4n) is 3.34. The Morgan fingerprint density at radius 3 is 1.20 bits per heavy atom. The van der Waals surface area contributed by atoms with E-state index in [1.165, 1.54) is 12.1 Å². The second-order valence-corrected chi connectivity index (χ2v) is 8.87. The Kier molecular flexibility index (Phi) is 8.70. The Morgan fingerprint density at radius 2 is 0.933 bits per heavy atom. The molecule has 0 fully saturated rings. The molecule has 154 valence electrons. The van der Waals surface area contributed by atoms with Crippen molar-refractivity contribution < 1.29 is 13.0 Å². The third-order valence-corrected chi connectivity index (χ3v) is 5.86. The van der Waals surface area contributed by atoms with Crippen LogP contribution in [0.3, 0.4) is 0 Å². The van der Waals surface area contributed by atoms with E-state index in [9.17, 15) is 13.0 Å².